The first kappa shape index (κ1) is 17.2. The fourth-order valence-electron chi connectivity index (χ4n) is 1.93. The molecule has 0 heterocycles. The molecule has 0 aliphatic carbocycles. The summed E-state index contributed by atoms with van der Waals surface area (Å²) in [6.45, 7) is 1.23. The van der Waals surface area contributed by atoms with Gasteiger partial charge in [-0.3, -0.25) is 9.10 Å². The van der Waals surface area contributed by atoms with Crippen molar-refractivity contribution in [2.45, 2.75) is 11.8 Å². The molecule has 2 aromatic carbocycles. The molecule has 2 N–H and O–H groups in total. The van der Waals surface area contributed by atoms with E-state index in [9.17, 15) is 17.6 Å². The molecule has 0 unspecified atom stereocenters. The van der Waals surface area contributed by atoms with E-state index in [4.69, 9.17) is 17.3 Å². The van der Waals surface area contributed by atoms with E-state index in [0.29, 0.717) is 0 Å². The average Bonchev–Trinajstić information content (AvgIpc) is 2.48. The van der Waals surface area contributed by atoms with Crippen molar-refractivity contribution in [1.82, 2.24) is 0 Å². The van der Waals surface area contributed by atoms with Crippen molar-refractivity contribution in [3.63, 3.8) is 0 Å². The number of carbonyl (C=O) groups excluding carboxylic acids is 1. The molecule has 0 fully saturated rings. The van der Waals surface area contributed by atoms with Crippen molar-refractivity contribution in [2.24, 2.45) is 5.73 Å². The molecular weight excluding hydrogens is 343 g/mol. The van der Waals surface area contributed by atoms with Crippen LogP contribution in [0.15, 0.2) is 47.4 Å². The fraction of sp³-hybridized carbons (Fsp3) is 0.133. The number of amides is 1. The number of hydrogen-bond acceptors (Lipinski definition) is 3. The Morgan fingerprint density at radius 2 is 1.83 bits per heavy atom. The van der Waals surface area contributed by atoms with Gasteiger partial charge >= 0.3 is 0 Å². The van der Waals surface area contributed by atoms with Crippen LogP contribution in [0.5, 0.6) is 0 Å². The second-order valence-corrected chi connectivity index (χ2v) is 7.16. The molecule has 0 aromatic heterocycles. The minimum Gasteiger partial charge on any atom is -0.368 e. The van der Waals surface area contributed by atoms with Gasteiger partial charge in [0, 0.05) is 0 Å². The highest BCUT2D eigenvalue weighted by Gasteiger charge is 2.27. The molecule has 2 aromatic rings. The lowest BCUT2D eigenvalue weighted by Crippen LogP contribution is -2.38. The lowest BCUT2D eigenvalue weighted by molar-refractivity contribution is -0.116. The number of nitrogens with zero attached hydrogens (tertiary/aromatic N) is 1. The van der Waals surface area contributed by atoms with Crippen LogP contribution in [0, 0.1) is 12.7 Å². The van der Waals surface area contributed by atoms with Gasteiger partial charge in [0.05, 0.1) is 15.6 Å². The van der Waals surface area contributed by atoms with Gasteiger partial charge in [0.1, 0.15) is 12.4 Å². The number of carbonyl (C=O) groups is 1. The van der Waals surface area contributed by atoms with Gasteiger partial charge in [0.15, 0.2) is 0 Å². The molecule has 0 saturated carbocycles. The number of nitrogens with two attached hydrogens (primary N) is 1. The summed E-state index contributed by atoms with van der Waals surface area (Å²) in [6, 6.07) is 9.48. The van der Waals surface area contributed by atoms with Gasteiger partial charge in [-0.15, -0.1) is 0 Å². The highest BCUT2D eigenvalue weighted by atomic mass is 35.5. The van der Waals surface area contributed by atoms with Gasteiger partial charge < -0.3 is 5.73 Å². The molecule has 0 spiro atoms. The molecule has 5 nitrogen and oxygen atoms in total. The highest BCUT2D eigenvalue weighted by molar-refractivity contribution is 7.92. The molecule has 0 saturated heterocycles. The SMILES string of the molecule is Cc1ccc(S(=O)(=O)N(CC(N)=O)c2ccc(F)c(Cl)c2)cc1. The zero-order valence-corrected chi connectivity index (χ0v) is 13.7. The molecule has 0 atom stereocenters. The van der Waals surface area contributed by atoms with Gasteiger partial charge in [-0.25, -0.2) is 12.8 Å². The molecule has 0 radical (unpaired) electrons. The Balaban J connectivity index is 2.55. The van der Waals surface area contributed by atoms with Crippen molar-refractivity contribution in [1.29, 1.82) is 0 Å². The molecule has 23 heavy (non-hydrogen) atoms. The minimum atomic E-state index is -4.04. The van der Waals surface area contributed by atoms with Crippen LogP contribution in [0.3, 0.4) is 0 Å². The number of primary amides is 1. The summed E-state index contributed by atoms with van der Waals surface area (Å²) in [5, 5.41) is -0.254. The Bertz CT molecular complexity index is 838. The largest absolute Gasteiger partial charge is 0.368 e. The van der Waals surface area contributed by atoms with Gasteiger partial charge in [-0.1, -0.05) is 29.3 Å². The van der Waals surface area contributed by atoms with E-state index in [-0.39, 0.29) is 15.6 Å². The van der Waals surface area contributed by atoms with E-state index in [1.54, 1.807) is 12.1 Å². The zero-order valence-electron chi connectivity index (χ0n) is 12.2. The molecule has 1 amide bonds. The highest BCUT2D eigenvalue weighted by Crippen LogP contribution is 2.27. The third-order valence-electron chi connectivity index (χ3n) is 3.10. The van der Waals surface area contributed by atoms with Crippen LogP contribution >= 0.6 is 11.6 Å². The third kappa shape index (κ3) is 3.80. The van der Waals surface area contributed by atoms with Crippen LogP contribution < -0.4 is 10.0 Å². The van der Waals surface area contributed by atoms with Gasteiger partial charge in [0.2, 0.25) is 5.91 Å². The predicted octanol–water partition coefficient (Wildman–Crippen LogP) is 2.47. The second kappa shape index (κ2) is 6.55. The number of halogens is 2. The van der Waals surface area contributed by atoms with Crippen LogP contribution in [-0.2, 0) is 14.8 Å². The maximum absolute atomic E-state index is 13.3. The molecule has 0 bridgehead atoms. The summed E-state index contributed by atoms with van der Waals surface area (Å²) in [4.78, 5) is 11.3. The standard InChI is InChI=1S/C15H14ClFN2O3S/c1-10-2-5-12(6-3-10)23(21,22)19(9-15(18)20)11-4-7-14(17)13(16)8-11/h2-8H,9H2,1H3,(H2,18,20). The van der Waals surface area contributed by atoms with Crippen molar-refractivity contribution >= 4 is 33.2 Å². The van der Waals surface area contributed by atoms with Gasteiger partial charge in [-0.2, -0.15) is 0 Å². The number of sulfonamides is 1. The molecule has 0 aliphatic heterocycles. The lowest BCUT2D eigenvalue weighted by Gasteiger charge is -2.23. The first-order valence-corrected chi connectivity index (χ1v) is 8.36. The summed E-state index contributed by atoms with van der Waals surface area (Å²) in [5.41, 5.74) is 6.08. The number of aryl methyl sites for hydroxylation is 1. The number of benzene rings is 2. The topological polar surface area (TPSA) is 80.5 Å². The Hall–Kier alpha value is -2.12. The Morgan fingerprint density at radius 3 is 2.35 bits per heavy atom. The van der Waals surface area contributed by atoms with Gasteiger partial charge in [-0.05, 0) is 37.3 Å². The van der Waals surface area contributed by atoms with Crippen LogP contribution in [0.4, 0.5) is 10.1 Å². The monoisotopic (exact) mass is 356 g/mol. The maximum Gasteiger partial charge on any atom is 0.264 e. The van der Waals surface area contributed by atoms with E-state index in [2.05, 4.69) is 0 Å². The van der Waals surface area contributed by atoms with Gasteiger partial charge in [0.25, 0.3) is 10.0 Å². The normalized spacial score (nSPS) is 11.3. The number of rotatable bonds is 5. The van der Waals surface area contributed by atoms with Crippen molar-refractivity contribution < 1.29 is 17.6 Å². The quantitative estimate of drug-likeness (QED) is 0.893. The fourth-order valence-corrected chi connectivity index (χ4v) is 3.53. The molecule has 122 valence electrons. The Kier molecular flexibility index (Phi) is 4.91. The summed E-state index contributed by atoms with van der Waals surface area (Å²) in [5.74, 6) is -1.54. The van der Waals surface area contributed by atoms with E-state index in [0.717, 1.165) is 22.0 Å². The second-order valence-electron chi connectivity index (χ2n) is 4.89. The van der Waals surface area contributed by atoms with Crippen LogP contribution in [0.1, 0.15) is 5.56 Å². The Labute approximate surface area is 138 Å². The average molecular weight is 357 g/mol. The summed E-state index contributed by atoms with van der Waals surface area (Å²) in [6.07, 6.45) is 0. The van der Waals surface area contributed by atoms with Crippen LogP contribution in [0.2, 0.25) is 5.02 Å². The zero-order chi connectivity index (χ0) is 17.2. The maximum atomic E-state index is 13.3. The van der Waals surface area contributed by atoms with Crippen molar-refractivity contribution in [3.05, 3.63) is 58.9 Å². The third-order valence-corrected chi connectivity index (χ3v) is 5.18. The predicted molar refractivity (Wildman–Crippen MR) is 86.3 cm³/mol. The van der Waals surface area contributed by atoms with Crippen LogP contribution in [-0.4, -0.2) is 20.9 Å². The number of hydrogen-bond donors (Lipinski definition) is 1. The molecular formula is C15H14ClFN2O3S. The smallest absolute Gasteiger partial charge is 0.264 e. The minimum absolute atomic E-state index is 0.00945. The molecule has 0 aliphatic rings. The van der Waals surface area contributed by atoms with E-state index < -0.39 is 28.3 Å². The van der Waals surface area contributed by atoms with Crippen LogP contribution in [0.25, 0.3) is 0 Å². The first-order chi connectivity index (χ1) is 10.7. The van der Waals surface area contributed by atoms with Crippen molar-refractivity contribution in [3.8, 4) is 0 Å². The Morgan fingerprint density at radius 1 is 1.22 bits per heavy atom. The van der Waals surface area contributed by atoms with Crippen molar-refractivity contribution in [2.75, 3.05) is 10.8 Å². The number of anilines is 1. The first-order valence-electron chi connectivity index (χ1n) is 6.54. The lowest BCUT2D eigenvalue weighted by atomic mass is 10.2. The van der Waals surface area contributed by atoms with E-state index >= 15 is 0 Å². The molecule has 8 heteroatoms. The summed E-state index contributed by atoms with van der Waals surface area (Å²) >= 11 is 5.70. The summed E-state index contributed by atoms with van der Waals surface area (Å²) in [7, 11) is -4.04. The molecule has 2 rings (SSSR count). The summed E-state index contributed by atoms with van der Waals surface area (Å²) < 4.78 is 39.6. The van der Waals surface area contributed by atoms with E-state index in [1.807, 2.05) is 6.92 Å². The van der Waals surface area contributed by atoms with E-state index in [1.165, 1.54) is 18.2 Å².